The van der Waals surface area contributed by atoms with Crippen LogP contribution in [0.1, 0.15) is 16.7 Å². The zero-order valence-corrected chi connectivity index (χ0v) is 9.09. The Bertz CT molecular complexity index is 410. The number of rotatable bonds is 3. The molecule has 1 aromatic rings. The molecule has 2 N–H and O–H groups in total. The van der Waals surface area contributed by atoms with E-state index in [1.54, 1.807) is 0 Å². The van der Waals surface area contributed by atoms with Gasteiger partial charge in [0.15, 0.2) is 0 Å². The molecule has 10 heteroatoms. The van der Waals surface area contributed by atoms with Gasteiger partial charge in [-0.2, -0.15) is 26.3 Å². The third kappa shape index (κ3) is 4.73. The molecular weight excluding hydrogens is 281 g/mol. The zero-order chi connectivity index (χ0) is 14.8. The fourth-order valence-corrected chi connectivity index (χ4v) is 1.27. The van der Waals surface area contributed by atoms with Crippen LogP contribution in [0, 0.1) is 0 Å². The Labute approximate surface area is 103 Å². The molecular formula is C9H7BF6O3. The van der Waals surface area contributed by atoms with E-state index in [0.29, 0.717) is 12.1 Å². The highest BCUT2D eigenvalue weighted by molar-refractivity contribution is 6.32. The van der Waals surface area contributed by atoms with Crippen LogP contribution in [0.4, 0.5) is 26.3 Å². The van der Waals surface area contributed by atoms with Crippen LogP contribution >= 0.6 is 0 Å². The van der Waals surface area contributed by atoms with Crippen molar-refractivity contribution in [2.75, 3.05) is 0 Å². The largest absolute Gasteiger partial charge is 0.634 e. The molecule has 0 saturated carbocycles. The standard InChI is InChI=1S/C9H7BF6O3/c11-8(12,13)6-1-5(4-19-10(17)18)2-7(3-6)9(14,15)16/h1-3,17-18H,4H2. The monoisotopic (exact) mass is 288 g/mol. The van der Waals surface area contributed by atoms with E-state index >= 15 is 0 Å². The summed E-state index contributed by atoms with van der Waals surface area (Å²) in [4.78, 5) is 0. The van der Waals surface area contributed by atoms with E-state index in [-0.39, 0.29) is 6.07 Å². The van der Waals surface area contributed by atoms with E-state index in [1.165, 1.54) is 0 Å². The fourth-order valence-electron chi connectivity index (χ4n) is 1.27. The predicted octanol–water partition coefficient (Wildman–Crippen LogP) is 2.21. The van der Waals surface area contributed by atoms with Crippen molar-refractivity contribution in [3.63, 3.8) is 0 Å². The maximum atomic E-state index is 12.4. The van der Waals surface area contributed by atoms with Crippen molar-refractivity contribution >= 4 is 7.32 Å². The second-order valence-electron chi connectivity index (χ2n) is 3.55. The van der Waals surface area contributed by atoms with Gasteiger partial charge in [0.25, 0.3) is 0 Å². The summed E-state index contributed by atoms with van der Waals surface area (Å²) in [7, 11) is -2.29. The molecule has 0 spiro atoms. The summed E-state index contributed by atoms with van der Waals surface area (Å²) in [6.07, 6.45) is -9.90. The van der Waals surface area contributed by atoms with Crippen LogP contribution in [-0.2, 0) is 23.6 Å². The van der Waals surface area contributed by atoms with E-state index in [1.807, 2.05) is 0 Å². The van der Waals surface area contributed by atoms with Crippen molar-refractivity contribution in [1.82, 2.24) is 0 Å². The Balaban J connectivity index is 3.17. The van der Waals surface area contributed by atoms with Gasteiger partial charge in [0.2, 0.25) is 0 Å². The van der Waals surface area contributed by atoms with Crippen LogP contribution in [0.15, 0.2) is 18.2 Å². The lowest BCUT2D eigenvalue weighted by Crippen LogP contribution is -2.17. The van der Waals surface area contributed by atoms with Crippen LogP contribution in [0.25, 0.3) is 0 Å². The van der Waals surface area contributed by atoms with Gasteiger partial charge in [0.05, 0.1) is 17.7 Å². The molecule has 0 bridgehead atoms. The van der Waals surface area contributed by atoms with Crippen LogP contribution in [-0.4, -0.2) is 17.4 Å². The number of hydrogen-bond acceptors (Lipinski definition) is 3. The fraction of sp³-hybridized carbons (Fsp3) is 0.333. The summed E-state index contributed by atoms with van der Waals surface area (Å²) >= 11 is 0. The van der Waals surface area contributed by atoms with Crippen molar-refractivity contribution in [3.8, 4) is 0 Å². The SMILES string of the molecule is OB(O)OCc1cc(C(F)(F)F)cc(C(F)(F)F)c1. The first-order valence-electron chi connectivity index (χ1n) is 4.76. The van der Waals surface area contributed by atoms with Crippen LogP contribution in [0.2, 0.25) is 0 Å². The highest BCUT2D eigenvalue weighted by atomic mass is 19.4. The van der Waals surface area contributed by atoms with Gasteiger partial charge in [-0.25, -0.2) is 0 Å². The Morgan fingerprint density at radius 2 is 1.32 bits per heavy atom. The van der Waals surface area contributed by atoms with Crippen molar-refractivity contribution in [3.05, 3.63) is 34.9 Å². The average Bonchev–Trinajstić information content (AvgIpc) is 2.23. The Morgan fingerprint density at radius 3 is 1.63 bits per heavy atom. The summed E-state index contributed by atoms with van der Waals surface area (Å²) in [6, 6.07) is 0.855. The Morgan fingerprint density at radius 1 is 0.895 bits per heavy atom. The topological polar surface area (TPSA) is 49.7 Å². The van der Waals surface area contributed by atoms with Crippen molar-refractivity contribution in [1.29, 1.82) is 0 Å². The van der Waals surface area contributed by atoms with Gasteiger partial charge >= 0.3 is 19.7 Å². The van der Waals surface area contributed by atoms with Crippen molar-refractivity contribution in [2.24, 2.45) is 0 Å². The van der Waals surface area contributed by atoms with Crippen LogP contribution in [0.5, 0.6) is 0 Å². The maximum Gasteiger partial charge on any atom is 0.634 e. The molecule has 0 amide bonds. The van der Waals surface area contributed by atoms with Gasteiger partial charge in [-0.05, 0) is 23.8 Å². The van der Waals surface area contributed by atoms with Gasteiger partial charge in [-0.15, -0.1) is 0 Å². The lowest BCUT2D eigenvalue weighted by atomic mass is 10.0. The molecule has 0 heterocycles. The van der Waals surface area contributed by atoms with Crippen LogP contribution < -0.4 is 0 Å². The first-order chi connectivity index (χ1) is 8.50. The molecule has 1 aromatic carbocycles. The first-order valence-corrected chi connectivity index (χ1v) is 4.76. The average molecular weight is 288 g/mol. The number of benzene rings is 1. The number of hydrogen-bond donors (Lipinski definition) is 2. The van der Waals surface area contributed by atoms with E-state index in [9.17, 15) is 26.3 Å². The highest BCUT2D eigenvalue weighted by Crippen LogP contribution is 2.36. The molecule has 3 nitrogen and oxygen atoms in total. The smallest absolute Gasteiger partial charge is 0.402 e. The van der Waals surface area contributed by atoms with Gasteiger partial charge in [-0.3, -0.25) is 0 Å². The molecule has 0 unspecified atom stereocenters. The minimum atomic E-state index is -4.95. The van der Waals surface area contributed by atoms with Gasteiger partial charge < -0.3 is 14.7 Å². The maximum absolute atomic E-state index is 12.4. The summed E-state index contributed by atoms with van der Waals surface area (Å²) < 4.78 is 78.7. The summed E-state index contributed by atoms with van der Waals surface area (Å²) in [5.74, 6) is 0. The quantitative estimate of drug-likeness (QED) is 0.662. The van der Waals surface area contributed by atoms with Gasteiger partial charge in [0.1, 0.15) is 0 Å². The van der Waals surface area contributed by atoms with E-state index in [4.69, 9.17) is 10.0 Å². The normalized spacial score (nSPS) is 12.6. The van der Waals surface area contributed by atoms with E-state index in [0.717, 1.165) is 0 Å². The minimum Gasteiger partial charge on any atom is -0.402 e. The van der Waals surface area contributed by atoms with Crippen molar-refractivity contribution in [2.45, 2.75) is 19.0 Å². The second kappa shape index (κ2) is 5.39. The molecule has 0 aliphatic rings. The zero-order valence-electron chi connectivity index (χ0n) is 9.09. The van der Waals surface area contributed by atoms with Crippen LogP contribution in [0.3, 0.4) is 0 Å². The lowest BCUT2D eigenvalue weighted by Gasteiger charge is -2.14. The van der Waals surface area contributed by atoms with E-state index < -0.39 is 43.0 Å². The first kappa shape index (κ1) is 15.8. The van der Waals surface area contributed by atoms with Crippen molar-refractivity contribution < 1.29 is 41.0 Å². The summed E-state index contributed by atoms with van der Waals surface area (Å²) in [6.45, 7) is -0.801. The van der Waals surface area contributed by atoms with Gasteiger partial charge in [0, 0.05) is 0 Å². The van der Waals surface area contributed by atoms with E-state index in [2.05, 4.69) is 4.65 Å². The molecule has 0 atom stereocenters. The Hall–Kier alpha value is -1.26. The van der Waals surface area contributed by atoms with Gasteiger partial charge in [-0.1, -0.05) is 0 Å². The molecule has 0 aliphatic carbocycles. The second-order valence-corrected chi connectivity index (χ2v) is 3.55. The molecule has 0 aromatic heterocycles. The molecule has 0 radical (unpaired) electrons. The molecule has 1 rings (SSSR count). The summed E-state index contributed by atoms with van der Waals surface area (Å²) in [5.41, 5.74) is -3.46. The number of halogens is 6. The predicted molar refractivity (Wildman–Crippen MR) is 51.4 cm³/mol. The third-order valence-electron chi connectivity index (χ3n) is 2.05. The lowest BCUT2D eigenvalue weighted by molar-refractivity contribution is -0.143. The molecule has 19 heavy (non-hydrogen) atoms. The molecule has 0 saturated heterocycles. The molecule has 106 valence electrons. The summed E-state index contributed by atoms with van der Waals surface area (Å²) in [5, 5.41) is 16.7. The molecule has 0 fully saturated rings. The molecule has 0 aliphatic heterocycles. The third-order valence-corrected chi connectivity index (χ3v) is 2.05. The Kier molecular flexibility index (Phi) is 4.48. The number of alkyl halides is 6. The minimum absolute atomic E-state index is 0.0289. The highest BCUT2D eigenvalue weighted by Gasteiger charge is 2.36.